The fraction of sp³-hybridized carbons (Fsp3) is 0.250. The van der Waals surface area contributed by atoms with E-state index in [0.29, 0.717) is 27.8 Å². The third-order valence-corrected chi connectivity index (χ3v) is 4.52. The second-order valence-electron chi connectivity index (χ2n) is 4.34. The summed E-state index contributed by atoms with van der Waals surface area (Å²) in [5, 5.41) is 1.55. The van der Waals surface area contributed by atoms with Gasteiger partial charge in [-0.1, -0.05) is 35.0 Å². The van der Waals surface area contributed by atoms with Crippen molar-refractivity contribution < 1.29 is 9.59 Å². The first-order valence-corrected chi connectivity index (χ1v) is 7.53. The quantitative estimate of drug-likeness (QED) is 0.743. The molecule has 0 bridgehead atoms. The fourth-order valence-corrected chi connectivity index (χ4v) is 3.52. The van der Waals surface area contributed by atoms with E-state index in [-0.39, 0.29) is 18.2 Å². The topological polar surface area (TPSA) is 53.0 Å². The second-order valence-corrected chi connectivity index (χ2v) is 6.09. The van der Waals surface area contributed by atoms with Crippen molar-refractivity contribution in [3.8, 4) is 0 Å². The number of carbonyl (C=O) groups excluding carboxylic acids is 2. The molecule has 0 spiro atoms. The van der Waals surface area contributed by atoms with E-state index in [1.165, 1.54) is 16.7 Å². The lowest BCUT2D eigenvalue weighted by molar-refractivity contribution is -0.133. The minimum atomic E-state index is -0.383. The van der Waals surface area contributed by atoms with Crippen molar-refractivity contribution in [3.05, 3.63) is 28.2 Å². The van der Waals surface area contributed by atoms with Crippen LogP contribution in [-0.4, -0.2) is 34.4 Å². The van der Waals surface area contributed by atoms with Crippen molar-refractivity contribution in [1.29, 1.82) is 0 Å². The van der Waals surface area contributed by atoms with Gasteiger partial charge in [0.05, 0.1) is 16.6 Å². The number of halogens is 2. The van der Waals surface area contributed by atoms with Crippen molar-refractivity contribution >= 4 is 57.6 Å². The molecule has 3 rings (SSSR count). The summed E-state index contributed by atoms with van der Waals surface area (Å²) >= 11 is 13.4. The molecule has 0 radical (unpaired) electrons. The Morgan fingerprint density at radius 3 is 2.80 bits per heavy atom. The van der Waals surface area contributed by atoms with Crippen molar-refractivity contribution in [2.45, 2.75) is 6.42 Å². The maximum atomic E-state index is 11.9. The molecule has 2 amide bonds. The van der Waals surface area contributed by atoms with Crippen LogP contribution in [-0.2, 0) is 9.59 Å². The highest BCUT2D eigenvalue weighted by Crippen LogP contribution is 2.33. The molecule has 1 fully saturated rings. The average Bonchev–Trinajstić information content (AvgIpc) is 2.38. The van der Waals surface area contributed by atoms with Gasteiger partial charge in [-0.15, -0.1) is 0 Å². The normalized spacial score (nSPS) is 19.0. The predicted octanol–water partition coefficient (Wildman–Crippen LogP) is 2.58. The molecule has 5 nitrogen and oxygen atoms in total. The first kappa shape index (κ1) is 13.7. The van der Waals surface area contributed by atoms with Gasteiger partial charge in [0.25, 0.3) is 5.91 Å². The van der Waals surface area contributed by atoms with Crippen LogP contribution in [0.2, 0.25) is 10.0 Å². The van der Waals surface area contributed by atoms with E-state index in [4.69, 9.17) is 23.2 Å². The van der Waals surface area contributed by atoms with Gasteiger partial charge in [-0.2, -0.15) is 4.99 Å². The summed E-state index contributed by atoms with van der Waals surface area (Å²) in [7, 11) is 0. The number of benzene rings is 1. The molecular formula is C12H9Cl2N3O2S. The number of rotatable bonds is 1. The molecule has 8 heteroatoms. The lowest BCUT2D eigenvalue weighted by atomic mass is 10.3. The number of amidine groups is 1. The van der Waals surface area contributed by atoms with E-state index in [2.05, 4.69) is 4.99 Å². The van der Waals surface area contributed by atoms with Gasteiger partial charge < -0.3 is 4.90 Å². The number of hydrogen-bond donors (Lipinski definition) is 0. The largest absolute Gasteiger partial charge is 0.342 e. The number of fused-ring (bicyclic) bond motifs is 1. The molecule has 2 aliphatic heterocycles. The van der Waals surface area contributed by atoms with Gasteiger partial charge in [0.2, 0.25) is 5.91 Å². The van der Waals surface area contributed by atoms with Crippen LogP contribution in [0.4, 0.5) is 5.69 Å². The Kier molecular flexibility index (Phi) is 3.62. The van der Waals surface area contributed by atoms with E-state index < -0.39 is 0 Å². The molecule has 1 aromatic rings. The molecule has 0 aromatic heterocycles. The summed E-state index contributed by atoms with van der Waals surface area (Å²) in [5.74, 6) is -0.0499. The highest BCUT2D eigenvalue weighted by Gasteiger charge is 2.33. The number of thioether (sulfide) groups is 1. The molecule has 0 atom stereocenters. The van der Waals surface area contributed by atoms with Crippen LogP contribution in [0.3, 0.4) is 0 Å². The monoisotopic (exact) mass is 329 g/mol. The highest BCUT2D eigenvalue weighted by atomic mass is 35.5. The van der Waals surface area contributed by atoms with Crippen LogP contribution in [0, 0.1) is 0 Å². The van der Waals surface area contributed by atoms with Crippen LogP contribution in [0.15, 0.2) is 23.2 Å². The van der Waals surface area contributed by atoms with Crippen LogP contribution < -0.4 is 4.90 Å². The Labute approximate surface area is 129 Å². The van der Waals surface area contributed by atoms with E-state index in [1.54, 1.807) is 12.1 Å². The Bertz CT molecular complexity index is 635. The number of amides is 2. The lowest BCUT2D eigenvalue weighted by Crippen LogP contribution is -2.51. The Morgan fingerprint density at radius 1 is 1.25 bits per heavy atom. The Hall–Kier alpha value is -1.24. The summed E-state index contributed by atoms with van der Waals surface area (Å²) < 4.78 is 0. The summed E-state index contributed by atoms with van der Waals surface area (Å²) in [6.07, 6.45) is -0.174. The average molecular weight is 330 g/mol. The zero-order chi connectivity index (χ0) is 14.3. The zero-order valence-electron chi connectivity index (χ0n) is 10.2. The standard InChI is InChI=1S/C12H9Cl2N3O2S/c13-7-1-2-9(8(14)3-7)16-5-17-11(19)4-10(18)15-12(17)20-6-16/h1-3H,4-6H2. The molecule has 1 saturated heterocycles. The number of carbonyl (C=O) groups is 2. The van der Waals surface area contributed by atoms with Crippen molar-refractivity contribution in [3.63, 3.8) is 0 Å². The summed E-state index contributed by atoms with van der Waals surface area (Å²) in [6.45, 7) is 0.333. The van der Waals surface area contributed by atoms with Crippen LogP contribution in [0.25, 0.3) is 0 Å². The number of nitrogens with zero attached hydrogens (tertiary/aromatic N) is 3. The summed E-state index contributed by atoms with van der Waals surface area (Å²) in [6, 6.07) is 5.22. The molecule has 0 unspecified atom stereocenters. The fourth-order valence-electron chi connectivity index (χ4n) is 2.02. The summed E-state index contributed by atoms with van der Waals surface area (Å²) in [5.41, 5.74) is 0.798. The van der Waals surface area contributed by atoms with Crippen LogP contribution in [0.1, 0.15) is 6.42 Å². The third-order valence-electron chi connectivity index (χ3n) is 2.97. The predicted molar refractivity (Wildman–Crippen MR) is 80.2 cm³/mol. The van der Waals surface area contributed by atoms with Crippen molar-refractivity contribution in [2.75, 3.05) is 17.4 Å². The van der Waals surface area contributed by atoms with Gasteiger partial charge in [0.15, 0.2) is 5.17 Å². The second kappa shape index (κ2) is 5.27. The summed E-state index contributed by atoms with van der Waals surface area (Å²) in [4.78, 5) is 30.5. The highest BCUT2D eigenvalue weighted by molar-refractivity contribution is 8.14. The maximum Gasteiger partial charge on any atom is 0.257 e. The van der Waals surface area contributed by atoms with E-state index in [1.807, 2.05) is 11.0 Å². The Balaban J connectivity index is 1.87. The first-order valence-electron chi connectivity index (χ1n) is 5.79. The molecule has 20 heavy (non-hydrogen) atoms. The van der Waals surface area contributed by atoms with E-state index >= 15 is 0 Å². The van der Waals surface area contributed by atoms with Crippen LogP contribution >= 0.6 is 35.0 Å². The van der Waals surface area contributed by atoms with Crippen molar-refractivity contribution in [2.24, 2.45) is 4.99 Å². The van der Waals surface area contributed by atoms with Gasteiger partial charge in [-0.05, 0) is 18.2 Å². The van der Waals surface area contributed by atoms with Gasteiger partial charge in [-0.25, -0.2) is 0 Å². The van der Waals surface area contributed by atoms with E-state index in [0.717, 1.165) is 5.69 Å². The minimum Gasteiger partial charge on any atom is -0.342 e. The van der Waals surface area contributed by atoms with Gasteiger partial charge in [-0.3, -0.25) is 14.5 Å². The maximum absolute atomic E-state index is 11.9. The molecule has 2 heterocycles. The molecule has 0 N–H and O–H groups in total. The molecule has 2 aliphatic rings. The van der Waals surface area contributed by atoms with Crippen molar-refractivity contribution in [1.82, 2.24) is 4.90 Å². The zero-order valence-corrected chi connectivity index (χ0v) is 12.5. The lowest BCUT2D eigenvalue weighted by Gasteiger charge is -2.38. The molecule has 0 saturated carbocycles. The SMILES string of the molecule is O=C1CC(=O)N2CN(c3ccc(Cl)cc3Cl)CSC2=N1. The number of hydrogen-bond acceptors (Lipinski definition) is 4. The third kappa shape index (κ3) is 2.51. The molecule has 0 aliphatic carbocycles. The first-order chi connectivity index (χ1) is 9.54. The smallest absolute Gasteiger partial charge is 0.257 e. The minimum absolute atomic E-state index is 0.174. The molecule has 104 valence electrons. The van der Waals surface area contributed by atoms with Crippen LogP contribution in [0.5, 0.6) is 0 Å². The molecular weight excluding hydrogens is 321 g/mol. The van der Waals surface area contributed by atoms with Gasteiger partial charge in [0.1, 0.15) is 13.1 Å². The Morgan fingerprint density at radius 2 is 2.05 bits per heavy atom. The van der Waals surface area contributed by atoms with Gasteiger partial charge in [0, 0.05) is 5.02 Å². The molecule has 1 aromatic carbocycles. The van der Waals surface area contributed by atoms with Gasteiger partial charge >= 0.3 is 0 Å². The number of aliphatic imine (C=N–C) groups is 1. The number of anilines is 1. The van der Waals surface area contributed by atoms with E-state index in [9.17, 15) is 9.59 Å².